The van der Waals surface area contributed by atoms with Crippen molar-refractivity contribution in [3.05, 3.63) is 23.8 Å². The third-order valence-electron chi connectivity index (χ3n) is 3.05. The van der Waals surface area contributed by atoms with Gasteiger partial charge in [0.15, 0.2) is 11.5 Å². The molecule has 3 nitrogen and oxygen atoms in total. The van der Waals surface area contributed by atoms with Crippen LogP contribution in [0.5, 0.6) is 11.5 Å². The molecule has 0 amide bonds. The van der Waals surface area contributed by atoms with E-state index in [9.17, 15) is 0 Å². The van der Waals surface area contributed by atoms with E-state index in [2.05, 4.69) is 12.1 Å². The molecule has 1 aliphatic carbocycles. The molecule has 0 radical (unpaired) electrons. The van der Waals surface area contributed by atoms with Crippen LogP contribution in [0.25, 0.3) is 0 Å². The molecule has 14 heavy (non-hydrogen) atoms. The van der Waals surface area contributed by atoms with Gasteiger partial charge < -0.3 is 15.2 Å². The summed E-state index contributed by atoms with van der Waals surface area (Å²) in [6.45, 7) is 1.14. The number of hydrogen-bond acceptors (Lipinski definition) is 3. The highest BCUT2D eigenvalue weighted by Crippen LogP contribution is 2.48. The van der Waals surface area contributed by atoms with Gasteiger partial charge in [-0.2, -0.15) is 0 Å². The molecule has 0 unspecified atom stereocenters. The largest absolute Gasteiger partial charge is 0.454 e. The standard InChI is InChI=1S/C11H13NO2/c12-5-8-3-9(8)7-1-2-10-11(4-7)14-6-13-10/h1-2,4,8-9H,3,5-6,12H2/t8-,9-/m0/s1. The molecule has 0 bridgehead atoms. The average molecular weight is 191 g/mol. The van der Waals surface area contributed by atoms with Gasteiger partial charge in [-0.3, -0.25) is 0 Å². The van der Waals surface area contributed by atoms with Crippen LogP contribution < -0.4 is 15.2 Å². The molecule has 2 aliphatic rings. The van der Waals surface area contributed by atoms with Gasteiger partial charge in [0.25, 0.3) is 0 Å². The zero-order chi connectivity index (χ0) is 9.54. The van der Waals surface area contributed by atoms with E-state index in [-0.39, 0.29) is 0 Å². The van der Waals surface area contributed by atoms with E-state index in [4.69, 9.17) is 15.2 Å². The maximum Gasteiger partial charge on any atom is 0.231 e. The van der Waals surface area contributed by atoms with Crippen LogP contribution in [0.2, 0.25) is 0 Å². The van der Waals surface area contributed by atoms with E-state index in [1.807, 2.05) is 6.07 Å². The highest BCUT2D eigenvalue weighted by molar-refractivity contribution is 5.46. The van der Waals surface area contributed by atoms with Crippen molar-refractivity contribution in [1.29, 1.82) is 0 Å². The Morgan fingerprint density at radius 2 is 2.14 bits per heavy atom. The molecule has 0 spiro atoms. The fourth-order valence-electron chi connectivity index (χ4n) is 2.06. The summed E-state index contributed by atoms with van der Waals surface area (Å²) in [7, 11) is 0. The van der Waals surface area contributed by atoms with Gasteiger partial charge in [-0.25, -0.2) is 0 Å². The van der Waals surface area contributed by atoms with Crippen LogP contribution >= 0.6 is 0 Å². The number of benzene rings is 1. The Morgan fingerprint density at radius 1 is 1.29 bits per heavy atom. The van der Waals surface area contributed by atoms with Crippen LogP contribution in [0.4, 0.5) is 0 Å². The summed E-state index contributed by atoms with van der Waals surface area (Å²) in [6.07, 6.45) is 1.22. The van der Waals surface area contributed by atoms with Crippen molar-refractivity contribution in [3.63, 3.8) is 0 Å². The lowest BCUT2D eigenvalue weighted by Gasteiger charge is -2.01. The Hall–Kier alpha value is -1.22. The molecular weight excluding hydrogens is 178 g/mol. The van der Waals surface area contributed by atoms with Gasteiger partial charge in [-0.15, -0.1) is 0 Å². The van der Waals surface area contributed by atoms with Gasteiger partial charge >= 0.3 is 0 Å². The second kappa shape index (κ2) is 2.89. The van der Waals surface area contributed by atoms with Gasteiger partial charge in [-0.05, 0) is 42.5 Å². The van der Waals surface area contributed by atoms with Crippen LogP contribution in [-0.2, 0) is 0 Å². The molecule has 3 rings (SSSR count). The van der Waals surface area contributed by atoms with Crippen molar-refractivity contribution in [1.82, 2.24) is 0 Å². The minimum Gasteiger partial charge on any atom is -0.454 e. The molecule has 1 saturated carbocycles. The van der Waals surface area contributed by atoms with Crippen molar-refractivity contribution >= 4 is 0 Å². The highest BCUT2D eigenvalue weighted by Gasteiger charge is 2.37. The summed E-state index contributed by atoms with van der Waals surface area (Å²) in [6, 6.07) is 6.19. The third-order valence-corrected chi connectivity index (χ3v) is 3.05. The van der Waals surface area contributed by atoms with E-state index in [1.165, 1.54) is 12.0 Å². The molecule has 1 heterocycles. The Morgan fingerprint density at radius 3 is 2.93 bits per heavy atom. The molecular formula is C11H13NO2. The van der Waals surface area contributed by atoms with Crippen LogP contribution in [0, 0.1) is 5.92 Å². The smallest absolute Gasteiger partial charge is 0.231 e. The van der Waals surface area contributed by atoms with E-state index >= 15 is 0 Å². The van der Waals surface area contributed by atoms with Crippen molar-refractivity contribution in [2.45, 2.75) is 12.3 Å². The van der Waals surface area contributed by atoms with Crippen LogP contribution in [-0.4, -0.2) is 13.3 Å². The van der Waals surface area contributed by atoms with Crippen molar-refractivity contribution < 1.29 is 9.47 Å². The fourth-order valence-corrected chi connectivity index (χ4v) is 2.06. The summed E-state index contributed by atoms with van der Waals surface area (Å²) < 4.78 is 10.6. The molecule has 0 aromatic heterocycles. The SMILES string of the molecule is NC[C@@H]1C[C@H]1c1ccc2c(c1)OCO2. The zero-order valence-corrected chi connectivity index (χ0v) is 7.90. The summed E-state index contributed by atoms with van der Waals surface area (Å²) >= 11 is 0. The van der Waals surface area contributed by atoms with Crippen molar-refractivity contribution in [2.24, 2.45) is 11.7 Å². The summed E-state index contributed by atoms with van der Waals surface area (Å²) in [4.78, 5) is 0. The third kappa shape index (κ3) is 1.16. The lowest BCUT2D eigenvalue weighted by molar-refractivity contribution is 0.174. The number of fused-ring (bicyclic) bond motifs is 1. The number of ether oxygens (including phenoxy) is 2. The molecule has 1 aromatic rings. The number of rotatable bonds is 2. The Labute approximate surface area is 82.8 Å². The first-order valence-electron chi connectivity index (χ1n) is 4.98. The molecule has 1 fully saturated rings. The number of nitrogens with two attached hydrogens (primary N) is 1. The van der Waals surface area contributed by atoms with E-state index in [0.29, 0.717) is 18.6 Å². The second-order valence-electron chi connectivity index (χ2n) is 3.95. The molecule has 2 atom stereocenters. The quantitative estimate of drug-likeness (QED) is 0.770. The maximum absolute atomic E-state index is 5.62. The summed E-state index contributed by atoms with van der Waals surface area (Å²) in [5.74, 6) is 3.06. The molecule has 2 N–H and O–H groups in total. The Kier molecular flexibility index (Phi) is 1.67. The molecule has 74 valence electrons. The van der Waals surface area contributed by atoms with Gasteiger partial charge in [0.2, 0.25) is 6.79 Å². The molecule has 1 aliphatic heterocycles. The van der Waals surface area contributed by atoms with Crippen molar-refractivity contribution in [2.75, 3.05) is 13.3 Å². The van der Waals surface area contributed by atoms with Gasteiger partial charge in [-0.1, -0.05) is 6.07 Å². The first-order valence-corrected chi connectivity index (χ1v) is 4.98. The van der Waals surface area contributed by atoms with Crippen molar-refractivity contribution in [3.8, 4) is 11.5 Å². The zero-order valence-electron chi connectivity index (χ0n) is 7.90. The molecule has 0 saturated heterocycles. The molecule has 1 aromatic carbocycles. The van der Waals surface area contributed by atoms with Gasteiger partial charge in [0.1, 0.15) is 0 Å². The van der Waals surface area contributed by atoms with E-state index in [1.54, 1.807) is 0 Å². The first kappa shape index (κ1) is 8.12. The minimum absolute atomic E-state index is 0.351. The van der Waals surface area contributed by atoms with Crippen LogP contribution in [0.15, 0.2) is 18.2 Å². The monoisotopic (exact) mass is 191 g/mol. The predicted molar refractivity (Wildman–Crippen MR) is 52.5 cm³/mol. The minimum atomic E-state index is 0.351. The topological polar surface area (TPSA) is 44.5 Å². The highest BCUT2D eigenvalue weighted by atomic mass is 16.7. The van der Waals surface area contributed by atoms with Gasteiger partial charge in [0, 0.05) is 0 Å². The Balaban J connectivity index is 1.87. The fraction of sp³-hybridized carbons (Fsp3) is 0.455. The molecule has 3 heteroatoms. The van der Waals surface area contributed by atoms with Crippen LogP contribution in [0.3, 0.4) is 0 Å². The number of hydrogen-bond donors (Lipinski definition) is 1. The normalized spacial score (nSPS) is 27.8. The predicted octanol–water partition coefficient (Wildman–Crippen LogP) is 1.48. The average Bonchev–Trinajstić information content (AvgIpc) is 2.87. The summed E-state index contributed by atoms with van der Waals surface area (Å²) in [5, 5.41) is 0. The van der Waals surface area contributed by atoms with E-state index < -0.39 is 0 Å². The first-order chi connectivity index (χ1) is 6.88. The van der Waals surface area contributed by atoms with Crippen LogP contribution in [0.1, 0.15) is 17.9 Å². The van der Waals surface area contributed by atoms with Gasteiger partial charge in [0.05, 0.1) is 0 Å². The van der Waals surface area contributed by atoms with E-state index in [0.717, 1.165) is 18.0 Å². The second-order valence-corrected chi connectivity index (χ2v) is 3.95. The lowest BCUT2D eigenvalue weighted by Crippen LogP contribution is -2.01. The maximum atomic E-state index is 5.62. The summed E-state index contributed by atoms with van der Waals surface area (Å²) in [5.41, 5.74) is 6.96. The Bertz CT molecular complexity index is 364. The lowest BCUT2D eigenvalue weighted by atomic mass is 10.1.